The van der Waals surface area contributed by atoms with Gasteiger partial charge >= 0.3 is 0 Å². The van der Waals surface area contributed by atoms with E-state index in [-0.39, 0.29) is 5.57 Å². The Hall–Kier alpha value is -2.52. The van der Waals surface area contributed by atoms with Gasteiger partial charge in [-0.1, -0.05) is 0 Å². The molecule has 96 valence electrons. The van der Waals surface area contributed by atoms with Gasteiger partial charge in [0.1, 0.15) is 23.4 Å². The van der Waals surface area contributed by atoms with E-state index in [1.165, 1.54) is 12.1 Å². The highest BCUT2D eigenvalue weighted by molar-refractivity contribution is 9.10. The predicted octanol–water partition coefficient (Wildman–Crippen LogP) is 2.98. The summed E-state index contributed by atoms with van der Waals surface area (Å²) in [7, 11) is 0. The lowest BCUT2D eigenvalue weighted by atomic mass is 10.2. The number of benzene rings is 1. The number of nitro benzene ring substituents is 1. The van der Waals surface area contributed by atoms with Gasteiger partial charge in [-0.25, -0.2) is 8.78 Å². The standard InChI is InChI=1S/C10H3BrF2N4O2/c11-8-9(13)6(12)1-7(17(18)19)10(8)16-4-5(2-14)3-15/h1,4,16H. The van der Waals surface area contributed by atoms with Crippen molar-refractivity contribution in [2.75, 3.05) is 5.32 Å². The summed E-state index contributed by atoms with van der Waals surface area (Å²) in [5, 5.41) is 29.9. The van der Waals surface area contributed by atoms with Crippen LogP contribution in [0.2, 0.25) is 0 Å². The van der Waals surface area contributed by atoms with E-state index in [1.807, 2.05) is 0 Å². The van der Waals surface area contributed by atoms with Crippen LogP contribution in [0.25, 0.3) is 0 Å². The molecule has 0 saturated carbocycles. The Morgan fingerprint density at radius 1 is 1.47 bits per heavy atom. The monoisotopic (exact) mass is 328 g/mol. The first-order valence-corrected chi connectivity index (χ1v) is 5.30. The summed E-state index contributed by atoms with van der Waals surface area (Å²) in [6, 6.07) is 3.40. The molecule has 0 atom stereocenters. The van der Waals surface area contributed by atoms with E-state index in [0.29, 0.717) is 6.07 Å². The van der Waals surface area contributed by atoms with E-state index >= 15 is 0 Å². The summed E-state index contributed by atoms with van der Waals surface area (Å²) in [6.45, 7) is 0. The van der Waals surface area contributed by atoms with Crippen molar-refractivity contribution in [1.82, 2.24) is 0 Å². The topological polar surface area (TPSA) is 103 Å². The number of halogens is 3. The van der Waals surface area contributed by atoms with Gasteiger partial charge in [-0.2, -0.15) is 10.5 Å². The molecule has 0 unspecified atom stereocenters. The van der Waals surface area contributed by atoms with Crippen molar-refractivity contribution >= 4 is 27.3 Å². The maximum atomic E-state index is 13.3. The molecule has 0 spiro atoms. The SMILES string of the molecule is N#CC(C#N)=CNc1c([N+](=O)[O-])cc(F)c(F)c1Br. The Morgan fingerprint density at radius 2 is 2.05 bits per heavy atom. The molecule has 0 fully saturated rings. The van der Waals surface area contributed by atoms with Crippen LogP contribution in [0.1, 0.15) is 0 Å². The third-order valence-corrected chi connectivity index (χ3v) is 2.68. The molecule has 0 saturated heterocycles. The fraction of sp³-hybridized carbons (Fsp3) is 0. The quantitative estimate of drug-likeness (QED) is 0.397. The van der Waals surface area contributed by atoms with Gasteiger partial charge in [-0.05, 0) is 15.9 Å². The smallest absolute Gasteiger partial charge is 0.296 e. The van der Waals surface area contributed by atoms with Gasteiger partial charge in [0.2, 0.25) is 0 Å². The average molecular weight is 329 g/mol. The lowest BCUT2D eigenvalue weighted by Crippen LogP contribution is -2.01. The number of nitro groups is 1. The van der Waals surface area contributed by atoms with Crippen molar-refractivity contribution in [3.05, 3.63) is 44.1 Å². The molecule has 0 aromatic heterocycles. The molecular formula is C10H3BrF2N4O2. The number of rotatable bonds is 3. The Labute approximate surface area is 113 Å². The van der Waals surface area contributed by atoms with Crippen LogP contribution in [0.4, 0.5) is 20.2 Å². The molecule has 6 nitrogen and oxygen atoms in total. The van der Waals surface area contributed by atoms with Gasteiger partial charge in [0.05, 0.1) is 15.5 Å². The van der Waals surface area contributed by atoms with Crippen LogP contribution in [0.3, 0.4) is 0 Å². The van der Waals surface area contributed by atoms with Crippen LogP contribution in [0.15, 0.2) is 22.3 Å². The highest BCUT2D eigenvalue weighted by Gasteiger charge is 2.23. The maximum Gasteiger partial charge on any atom is 0.296 e. The molecule has 19 heavy (non-hydrogen) atoms. The number of anilines is 1. The minimum absolute atomic E-state index is 0.383. The Bertz CT molecular complexity index is 645. The molecule has 0 amide bonds. The van der Waals surface area contributed by atoms with Crippen LogP contribution in [-0.2, 0) is 0 Å². The fourth-order valence-electron chi connectivity index (χ4n) is 1.10. The third-order valence-electron chi connectivity index (χ3n) is 1.94. The summed E-state index contributed by atoms with van der Waals surface area (Å²) in [5.74, 6) is -2.72. The number of nitrogens with one attached hydrogen (secondary N) is 1. The van der Waals surface area contributed by atoms with Crippen LogP contribution in [0.5, 0.6) is 0 Å². The van der Waals surface area contributed by atoms with E-state index in [2.05, 4.69) is 21.2 Å². The molecule has 9 heteroatoms. The summed E-state index contributed by atoms with van der Waals surface area (Å²) in [5.41, 5.74) is -1.52. The van der Waals surface area contributed by atoms with Crippen molar-refractivity contribution in [3.63, 3.8) is 0 Å². The summed E-state index contributed by atoms with van der Waals surface area (Å²) >= 11 is 2.67. The Kier molecular flexibility index (Phi) is 4.51. The Balaban J connectivity index is 3.39. The highest BCUT2D eigenvalue weighted by Crippen LogP contribution is 2.36. The molecule has 1 rings (SSSR count). The molecular weight excluding hydrogens is 326 g/mol. The van der Waals surface area contributed by atoms with Gasteiger partial charge in [-0.15, -0.1) is 0 Å². The zero-order valence-corrected chi connectivity index (χ0v) is 10.5. The maximum absolute atomic E-state index is 13.3. The largest absolute Gasteiger partial charge is 0.353 e. The summed E-state index contributed by atoms with van der Waals surface area (Å²) in [4.78, 5) is 9.80. The van der Waals surface area contributed by atoms with Gasteiger partial charge in [-0.3, -0.25) is 10.1 Å². The van der Waals surface area contributed by atoms with Crippen molar-refractivity contribution in [2.45, 2.75) is 0 Å². The third kappa shape index (κ3) is 3.03. The van der Waals surface area contributed by atoms with Gasteiger partial charge in [0, 0.05) is 6.20 Å². The molecule has 0 aliphatic rings. The van der Waals surface area contributed by atoms with Crippen LogP contribution in [0, 0.1) is 44.4 Å². The normalized spacial score (nSPS) is 9.11. The minimum atomic E-state index is -1.39. The van der Waals surface area contributed by atoms with Crippen LogP contribution in [-0.4, -0.2) is 4.92 Å². The number of hydrogen-bond donors (Lipinski definition) is 1. The molecule has 1 aromatic rings. The minimum Gasteiger partial charge on any atom is -0.353 e. The number of nitriles is 2. The molecule has 1 aromatic carbocycles. The molecule has 0 bridgehead atoms. The average Bonchev–Trinajstić information content (AvgIpc) is 2.38. The summed E-state index contributed by atoms with van der Waals surface area (Å²) < 4.78 is 25.8. The zero-order chi connectivity index (χ0) is 14.6. The zero-order valence-electron chi connectivity index (χ0n) is 8.95. The second kappa shape index (κ2) is 5.89. The number of nitrogens with zero attached hydrogens (tertiary/aromatic N) is 3. The molecule has 0 radical (unpaired) electrons. The van der Waals surface area contributed by atoms with Gasteiger partial charge in [0.15, 0.2) is 11.6 Å². The van der Waals surface area contributed by atoms with Crippen LogP contribution < -0.4 is 5.32 Å². The lowest BCUT2D eigenvalue weighted by molar-refractivity contribution is -0.384. The van der Waals surface area contributed by atoms with Crippen molar-refractivity contribution < 1.29 is 13.7 Å². The first kappa shape index (κ1) is 14.5. The van der Waals surface area contributed by atoms with E-state index in [9.17, 15) is 18.9 Å². The van der Waals surface area contributed by atoms with Crippen molar-refractivity contribution in [1.29, 1.82) is 10.5 Å². The molecule has 0 heterocycles. The van der Waals surface area contributed by atoms with E-state index in [1.54, 1.807) is 0 Å². The van der Waals surface area contributed by atoms with E-state index in [0.717, 1.165) is 6.20 Å². The van der Waals surface area contributed by atoms with Gasteiger partial charge in [0.25, 0.3) is 5.69 Å². The Morgan fingerprint density at radius 3 is 2.53 bits per heavy atom. The first-order chi connectivity index (χ1) is 8.92. The van der Waals surface area contributed by atoms with Gasteiger partial charge < -0.3 is 5.32 Å². The second-order valence-corrected chi connectivity index (χ2v) is 3.86. The second-order valence-electron chi connectivity index (χ2n) is 3.06. The lowest BCUT2D eigenvalue weighted by Gasteiger charge is -2.06. The highest BCUT2D eigenvalue weighted by atomic mass is 79.9. The van der Waals surface area contributed by atoms with E-state index < -0.39 is 32.4 Å². The number of hydrogen-bond acceptors (Lipinski definition) is 5. The number of allylic oxidation sites excluding steroid dienone is 1. The molecule has 0 aliphatic carbocycles. The predicted molar refractivity (Wildman–Crippen MR) is 63.6 cm³/mol. The van der Waals surface area contributed by atoms with Crippen molar-refractivity contribution in [3.8, 4) is 12.1 Å². The first-order valence-electron chi connectivity index (χ1n) is 4.51. The molecule has 1 N–H and O–H groups in total. The van der Waals surface area contributed by atoms with Crippen LogP contribution >= 0.6 is 15.9 Å². The van der Waals surface area contributed by atoms with Crippen molar-refractivity contribution in [2.24, 2.45) is 0 Å². The molecule has 0 aliphatic heterocycles. The summed E-state index contributed by atoms with van der Waals surface area (Å²) in [6.07, 6.45) is 0.852. The van der Waals surface area contributed by atoms with E-state index in [4.69, 9.17) is 10.5 Å². The fourth-order valence-corrected chi connectivity index (χ4v) is 1.60.